The van der Waals surface area contributed by atoms with E-state index in [0.717, 1.165) is 17.3 Å². The lowest BCUT2D eigenvalue weighted by atomic mass is 9.82. The van der Waals surface area contributed by atoms with Gasteiger partial charge in [0.2, 0.25) is 0 Å². The maximum Gasteiger partial charge on any atom is 0.126 e. The molecule has 118 valence electrons. The van der Waals surface area contributed by atoms with Crippen LogP contribution >= 0.6 is 15.9 Å². The second-order valence-corrected chi connectivity index (χ2v) is 6.74. The van der Waals surface area contributed by atoms with Gasteiger partial charge in [-0.05, 0) is 49.4 Å². The van der Waals surface area contributed by atoms with E-state index in [4.69, 9.17) is 4.74 Å². The molecule has 2 nitrogen and oxygen atoms in total. The summed E-state index contributed by atoms with van der Waals surface area (Å²) in [6.45, 7) is 2.53. The van der Waals surface area contributed by atoms with E-state index in [1.54, 1.807) is 12.1 Å². The van der Waals surface area contributed by atoms with Gasteiger partial charge in [0, 0.05) is 17.5 Å². The van der Waals surface area contributed by atoms with Crippen molar-refractivity contribution in [2.24, 2.45) is 5.92 Å². The summed E-state index contributed by atoms with van der Waals surface area (Å²) in [5, 5.41) is 10.6. The number of aliphatic hydroxyl groups excluding tert-OH is 1. The van der Waals surface area contributed by atoms with E-state index in [0.29, 0.717) is 24.5 Å². The SMILES string of the molecule is CCOC(C(O)Cc1cc(Br)ccc1F)C1CCCCC1. The molecule has 0 heterocycles. The Hall–Kier alpha value is -0.450. The zero-order valence-electron chi connectivity index (χ0n) is 12.5. The second-order valence-electron chi connectivity index (χ2n) is 5.83. The summed E-state index contributed by atoms with van der Waals surface area (Å²) in [6.07, 6.45) is 5.33. The number of hydrogen-bond acceptors (Lipinski definition) is 2. The van der Waals surface area contributed by atoms with Crippen LogP contribution in [0.15, 0.2) is 22.7 Å². The molecule has 0 bridgehead atoms. The van der Waals surface area contributed by atoms with Crippen LogP contribution in [0, 0.1) is 11.7 Å². The molecule has 0 amide bonds. The van der Waals surface area contributed by atoms with Crippen LogP contribution in [-0.4, -0.2) is 23.9 Å². The van der Waals surface area contributed by atoms with E-state index in [1.807, 2.05) is 6.92 Å². The lowest BCUT2D eigenvalue weighted by Crippen LogP contribution is -2.38. The van der Waals surface area contributed by atoms with Crippen molar-refractivity contribution >= 4 is 15.9 Å². The van der Waals surface area contributed by atoms with Gasteiger partial charge in [0.15, 0.2) is 0 Å². The Bertz CT molecular complexity index is 446. The Labute approximate surface area is 134 Å². The predicted molar refractivity (Wildman–Crippen MR) is 85.8 cm³/mol. The molecule has 1 aromatic carbocycles. The zero-order valence-corrected chi connectivity index (χ0v) is 14.1. The first-order valence-electron chi connectivity index (χ1n) is 7.85. The average Bonchev–Trinajstić information content (AvgIpc) is 2.49. The van der Waals surface area contributed by atoms with Gasteiger partial charge in [-0.25, -0.2) is 4.39 Å². The van der Waals surface area contributed by atoms with Gasteiger partial charge >= 0.3 is 0 Å². The largest absolute Gasteiger partial charge is 0.390 e. The van der Waals surface area contributed by atoms with Gasteiger partial charge in [-0.2, -0.15) is 0 Å². The highest BCUT2D eigenvalue weighted by Crippen LogP contribution is 2.31. The van der Waals surface area contributed by atoms with Crippen LogP contribution in [0.25, 0.3) is 0 Å². The molecule has 0 aromatic heterocycles. The fraction of sp³-hybridized carbons (Fsp3) is 0.647. The second kappa shape index (κ2) is 8.25. The number of halogens is 2. The highest BCUT2D eigenvalue weighted by atomic mass is 79.9. The first kappa shape index (κ1) is 16.9. The first-order chi connectivity index (χ1) is 10.1. The summed E-state index contributed by atoms with van der Waals surface area (Å²) in [7, 11) is 0. The number of ether oxygens (including phenoxy) is 1. The Kier molecular flexibility index (Phi) is 6.65. The van der Waals surface area contributed by atoms with Crippen LogP contribution in [0.5, 0.6) is 0 Å². The van der Waals surface area contributed by atoms with Crippen molar-refractivity contribution in [3.8, 4) is 0 Å². The smallest absolute Gasteiger partial charge is 0.126 e. The molecule has 2 rings (SSSR count). The summed E-state index contributed by atoms with van der Waals surface area (Å²) in [4.78, 5) is 0. The van der Waals surface area contributed by atoms with E-state index in [1.165, 1.54) is 25.3 Å². The maximum absolute atomic E-state index is 13.8. The molecule has 0 spiro atoms. The maximum atomic E-state index is 13.8. The molecule has 1 saturated carbocycles. The van der Waals surface area contributed by atoms with E-state index in [-0.39, 0.29) is 11.9 Å². The van der Waals surface area contributed by atoms with Gasteiger partial charge in [-0.15, -0.1) is 0 Å². The van der Waals surface area contributed by atoms with Crippen molar-refractivity contribution in [3.05, 3.63) is 34.1 Å². The van der Waals surface area contributed by atoms with Crippen molar-refractivity contribution in [3.63, 3.8) is 0 Å². The van der Waals surface area contributed by atoms with E-state index < -0.39 is 6.10 Å². The molecule has 4 heteroatoms. The Morgan fingerprint density at radius 1 is 1.33 bits per heavy atom. The molecule has 1 aromatic rings. The Morgan fingerprint density at radius 2 is 2.05 bits per heavy atom. The minimum absolute atomic E-state index is 0.186. The fourth-order valence-corrected chi connectivity index (χ4v) is 3.67. The molecule has 1 fully saturated rings. The minimum Gasteiger partial charge on any atom is -0.390 e. The number of benzene rings is 1. The minimum atomic E-state index is -0.656. The quantitative estimate of drug-likeness (QED) is 0.812. The summed E-state index contributed by atoms with van der Waals surface area (Å²) >= 11 is 3.35. The van der Waals surface area contributed by atoms with Crippen LogP contribution < -0.4 is 0 Å². The van der Waals surface area contributed by atoms with Gasteiger partial charge in [-0.3, -0.25) is 0 Å². The van der Waals surface area contributed by atoms with Crippen LogP contribution in [0.3, 0.4) is 0 Å². The van der Waals surface area contributed by atoms with Gasteiger partial charge in [0.25, 0.3) is 0 Å². The summed E-state index contributed by atoms with van der Waals surface area (Å²) in [6, 6.07) is 4.84. The summed E-state index contributed by atoms with van der Waals surface area (Å²) in [5.41, 5.74) is 0.539. The van der Waals surface area contributed by atoms with Crippen LogP contribution in [0.4, 0.5) is 4.39 Å². The molecular weight excluding hydrogens is 335 g/mol. The third-order valence-corrected chi connectivity index (χ3v) is 4.78. The van der Waals surface area contributed by atoms with Gasteiger partial charge < -0.3 is 9.84 Å². The first-order valence-corrected chi connectivity index (χ1v) is 8.64. The monoisotopic (exact) mass is 358 g/mol. The molecule has 1 aliphatic carbocycles. The molecule has 21 heavy (non-hydrogen) atoms. The Balaban J connectivity index is 2.06. The molecule has 1 N–H and O–H groups in total. The van der Waals surface area contributed by atoms with Crippen LogP contribution in [-0.2, 0) is 11.2 Å². The van der Waals surface area contributed by atoms with E-state index in [9.17, 15) is 9.50 Å². The van der Waals surface area contributed by atoms with E-state index >= 15 is 0 Å². The molecular formula is C17H24BrFO2. The summed E-state index contributed by atoms with van der Waals surface area (Å²) in [5.74, 6) is 0.125. The third kappa shape index (κ3) is 4.76. The number of hydrogen-bond donors (Lipinski definition) is 1. The van der Waals surface area contributed by atoms with Crippen molar-refractivity contribution < 1.29 is 14.2 Å². The van der Waals surface area contributed by atoms with Crippen molar-refractivity contribution in [1.82, 2.24) is 0 Å². The van der Waals surface area contributed by atoms with Crippen molar-refractivity contribution in [2.75, 3.05) is 6.61 Å². The zero-order chi connectivity index (χ0) is 15.2. The highest BCUT2D eigenvalue weighted by Gasteiger charge is 2.30. The van der Waals surface area contributed by atoms with Crippen molar-refractivity contribution in [2.45, 2.75) is 57.7 Å². The van der Waals surface area contributed by atoms with Crippen LogP contribution in [0.1, 0.15) is 44.6 Å². The lowest BCUT2D eigenvalue weighted by Gasteiger charge is -2.33. The topological polar surface area (TPSA) is 29.5 Å². The summed E-state index contributed by atoms with van der Waals surface area (Å²) < 4.78 is 20.5. The standard InChI is InChI=1S/C17H24BrFO2/c1-2-21-17(12-6-4-3-5-7-12)16(20)11-13-10-14(18)8-9-15(13)19/h8-10,12,16-17,20H,2-7,11H2,1H3. The molecule has 0 saturated heterocycles. The van der Waals surface area contributed by atoms with Crippen LogP contribution in [0.2, 0.25) is 0 Å². The number of rotatable bonds is 6. The lowest BCUT2D eigenvalue weighted by molar-refractivity contribution is -0.0717. The normalized spacial score (nSPS) is 19.4. The molecule has 1 aliphatic rings. The fourth-order valence-electron chi connectivity index (χ4n) is 3.26. The molecule has 0 aliphatic heterocycles. The average molecular weight is 359 g/mol. The van der Waals surface area contributed by atoms with Gasteiger partial charge in [-0.1, -0.05) is 35.2 Å². The number of aliphatic hydroxyl groups is 1. The van der Waals surface area contributed by atoms with E-state index in [2.05, 4.69) is 15.9 Å². The predicted octanol–water partition coefficient (Wildman–Crippen LogP) is 4.48. The molecule has 0 radical (unpaired) electrons. The molecule has 2 atom stereocenters. The van der Waals surface area contributed by atoms with Crippen molar-refractivity contribution in [1.29, 1.82) is 0 Å². The van der Waals surface area contributed by atoms with Gasteiger partial charge in [0.1, 0.15) is 5.82 Å². The Morgan fingerprint density at radius 3 is 2.71 bits per heavy atom. The molecule has 2 unspecified atom stereocenters. The highest BCUT2D eigenvalue weighted by molar-refractivity contribution is 9.10. The third-order valence-electron chi connectivity index (χ3n) is 4.29. The van der Waals surface area contributed by atoms with Gasteiger partial charge in [0.05, 0.1) is 12.2 Å².